The number of aromatic nitrogens is 2. The molecule has 6 nitrogen and oxygen atoms in total. The first-order valence-corrected chi connectivity index (χ1v) is 11.1. The summed E-state index contributed by atoms with van der Waals surface area (Å²) in [5.74, 6) is 0.224. The predicted molar refractivity (Wildman–Crippen MR) is 121 cm³/mol. The fourth-order valence-corrected chi connectivity index (χ4v) is 5.22. The molecule has 2 saturated heterocycles. The molecule has 3 aromatic rings. The highest BCUT2D eigenvalue weighted by atomic mass is 16.2. The number of amides is 2. The Hall–Kier alpha value is -3.15. The van der Waals surface area contributed by atoms with E-state index in [1.807, 2.05) is 17.3 Å². The lowest BCUT2D eigenvalue weighted by Gasteiger charge is -2.34. The average Bonchev–Trinajstić information content (AvgIpc) is 3.35. The molecule has 0 spiro atoms. The third-order valence-corrected chi connectivity index (χ3v) is 6.87. The molecule has 0 unspecified atom stereocenters. The molecule has 2 aliphatic heterocycles. The van der Waals surface area contributed by atoms with Crippen molar-refractivity contribution in [2.24, 2.45) is 5.92 Å². The van der Waals surface area contributed by atoms with E-state index in [0.717, 1.165) is 30.5 Å². The molecule has 1 aromatic carbocycles. The van der Waals surface area contributed by atoms with Gasteiger partial charge in [-0.2, -0.15) is 0 Å². The maximum atomic E-state index is 13.2. The lowest BCUT2D eigenvalue weighted by Crippen LogP contribution is -2.43. The molecule has 0 radical (unpaired) electrons. The molecule has 5 rings (SSSR count). The van der Waals surface area contributed by atoms with Crippen molar-refractivity contribution in [1.29, 1.82) is 0 Å². The molecule has 2 fully saturated rings. The zero-order chi connectivity index (χ0) is 21.5. The largest absolute Gasteiger partial charge is 0.357 e. The zero-order valence-corrected chi connectivity index (χ0v) is 18.1. The molecule has 0 aliphatic carbocycles. The SMILES string of the molecule is Cc1cccc2c(-c3ccncc3)c([C@@H]3CCCN(C(=O)[C@H]4CC(=O)N(C)C4)C3)[nH]c12. The highest BCUT2D eigenvalue weighted by molar-refractivity contribution is 5.99. The maximum Gasteiger partial charge on any atom is 0.228 e. The van der Waals surface area contributed by atoms with Crippen molar-refractivity contribution in [2.45, 2.75) is 32.1 Å². The summed E-state index contributed by atoms with van der Waals surface area (Å²) in [4.78, 5) is 36.7. The number of aromatic amines is 1. The van der Waals surface area contributed by atoms with Crippen LogP contribution < -0.4 is 0 Å². The number of aryl methyl sites for hydroxylation is 1. The van der Waals surface area contributed by atoms with Crippen LogP contribution in [0.4, 0.5) is 0 Å². The number of nitrogens with zero attached hydrogens (tertiary/aromatic N) is 3. The maximum absolute atomic E-state index is 13.2. The number of rotatable bonds is 3. The van der Waals surface area contributed by atoms with Crippen LogP contribution in [-0.4, -0.2) is 58.3 Å². The number of pyridine rings is 1. The van der Waals surface area contributed by atoms with E-state index < -0.39 is 0 Å². The number of hydrogen-bond donors (Lipinski definition) is 1. The van der Waals surface area contributed by atoms with Gasteiger partial charge in [0.25, 0.3) is 0 Å². The van der Waals surface area contributed by atoms with E-state index in [9.17, 15) is 9.59 Å². The molecule has 6 heteroatoms. The number of likely N-dealkylation sites (tertiary alicyclic amines) is 2. The van der Waals surface area contributed by atoms with Crippen LogP contribution in [0.2, 0.25) is 0 Å². The van der Waals surface area contributed by atoms with Crippen LogP contribution in [0.3, 0.4) is 0 Å². The molecule has 2 aromatic heterocycles. The van der Waals surface area contributed by atoms with Gasteiger partial charge in [-0.15, -0.1) is 0 Å². The molecule has 4 heterocycles. The standard InChI is InChI=1S/C25H28N4O2/c1-16-5-3-7-20-22(17-8-10-26-11-9-17)24(27-23(16)20)18-6-4-12-29(15-18)25(31)19-13-21(30)28(2)14-19/h3,5,7-11,18-19,27H,4,6,12-15H2,1-2H3/t18-,19+/m1/s1. The van der Waals surface area contributed by atoms with Crippen molar-refractivity contribution < 1.29 is 9.59 Å². The summed E-state index contributed by atoms with van der Waals surface area (Å²) in [7, 11) is 1.78. The third-order valence-electron chi connectivity index (χ3n) is 6.87. The molecule has 31 heavy (non-hydrogen) atoms. The number of para-hydroxylation sites is 1. The second kappa shape index (κ2) is 7.84. The van der Waals surface area contributed by atoms with E-state index >= 15 is 0 Å². The average molecular weight is 417 g/mol. The molecular formula is C25H28N4O2. The van der Waals surface area contributed by atoms with Gasteiger partial charge < -0.3 is 14.8 Å². The Morgan fingerprint density at radius 1 is 1.16 bits per heavy atom. The topological polar surface area (TPSA) is 69.3 Å². The Bertz CT molecular complexity index is 1140. The van der Waals surface area contributed by atoms with Crippen LogP contribution in [0.1, 0.15) is 36.4 Å². The summed E-state index contributed by atoms with van der Waals surface area (Å²) in [6.45, 7) is 4.13. The molecule has 160 valence electrons. The van der Waals surface area contributed by atoms with Crippen molar-refractivity contribution >= 4 is 22.7 Å². The quantitative estimate of drug-likeness (QED) is 0.707. The Morgan fingerprint density at radius 3 is 2.71 bits per heavy atom. The fraction of sp³-hybridized carbons (Fsp3) is 0.400. The van der Waals surface area contributed by atoms with Gasteiger partial charge in [0, 0.05) is 73.6 Å². The smallest absolute Gasteiger partial charge is 0.228 e. The molecule has 2 aliphatic rings. The predicted octanol–water partition coefficient (Wildman–Crippen LogP) is 3.72. The molecule has 0 saturated carbocycles. The summed E-state index contributed by atoms with van der Waals surface area (Å²) in [6, 6.07) is 10.5. The summed E-state index contributed by atoms with van der Waals surface area (Å²) >= 11 is 0. The summed E-state index contributed by atoms with van der Waals surface area (Å²) < 4.78 is 0. The molecule has 1 N–H and O–H groups in total. The number of hydrogen-bond acceptors (Lipinski definition) is 3. The Kier molecular flexibility index (Phi) is 5.00. The summed E-state index contributed by atoms with van der Waals surface area (Å²) in [5, 5.41) is 1.22. The van der Waals surface area contributed by atoms with E-state index in [2.05, 4.69) is 47.2 Å². The van der Waals surface area contributed by atoms with Crippen LogP contribution in [-0.2, 0) is 9.59 Å². The first-order chi connectivity index (χ1) is 15.0. The van der Waals surface area contributed by atoms with Crippen LogP contribution in [0.15, 0.2) is 42.7 Å². The number of H-pyrrole nitrogens is 1. The van der Waals surface area contributed by atoms with Crippen LogP contribution in [0, 0.1) is 12.8 Å². The number of nitrogens with one attached hydrogen (secondary N) is 1. The van der Waals surface area contributed by atoms with Gasteiger partial charge in [0.05, 0.1) is 5.92 Å². The molecular weight excluding hydrogens is 388 g/mol. The number of carbonyl (C=O) groups excluding carboxylic acids is 2. The minimum atomic E-state index is -0.208. The monoisotopic (exact) mass is 416 g/mol. The molecule has 2 amide bonds. The van der Waals surface area contributed by atoms with Gasteiger partial charge in [-0.3, -0.25) is 14.6 Å². The highest BCUT2D eigenvalue weighted by Crippen LogP contribution is 2.40. The van der Waals surface area contributed by atoms with Crippen molar-refractivity contribution in [3.63, 3.8) is 0 Å². The normalized spacial score (nSPS) is 21.8. The molecule has 0 bridgehead atoms. The van der Waals surface area contributed by atoms with E-state index in [1.165, 1.54) is 22.2 Å². The number of carbonyl (C=O) groups is 2. The van der Waals surface area contributed by atoms with Gasteiger partial charge in [0.15, 0.2) is 0 Å². The fourth-order valence-electron chi connectivity index (χ4n) is 5.22. The number of piperidine rings is 1. The van der Waals surface area contributed by atoms with E-state index in [1.54, 1.807) is 11.9 Å². The van der Waals surface area contributed by atoms with Crippen molar-refractivity contribution in [1.82, 2.24) is 19.8 Å². The summed E-state index contributed by atoms with van der Waals surface area (Å²) in [6.07, 6.45) is 6.01. The van der Waals surface area contributed by atoms with Crippen LogP contribution in [0.25, 0.3) is 22.0 Å². The van der Waals surface area contributed by atoms with Crippen molar-refractivity contribution in [2.75, 3.05) is 26.7 Å². The Labute approximate surface area is 182 Å². The lowest BCUT2D eigenvalue weighted by atomic mass is 9.89. The van der Waals surface area contributed by atoms with Gasteiger partial charge in [-0.1, -0.05) is 18.2 Å². The van der Waals surface area contributed by atoms with Crippen LogP contribution >= 0.6 is 0 Å². The van der Waals surface area contributed by atoms with Gasteiger partial charge >= 0.3 is 0 Å². The van der Waals surface area contributed by atoms with Gasteiger partial charge in [0.1, 0.15) is 0 Å². The number of fused-ring (bicyclic) bond motifs is 1. The highest BCUT2D eigenvalue weighted by Gasteiger charge is 2.37. The molecule has 2 atom stereocenters. The van der Waals surface area contributed by atoms with E-state index in [-0.39, 0.29) is 23.7 Å². The second-order valence-electron chi connectivity index (χ2n) is 8.95. The minimum absolute atomic E-state index is 0.0676. The second-order valence-corrected chi connectivity index (χ2v) is 8.95. The zero-order valence-electron chi connectivity index (χ0n) is 18.1. The minimum Gasteiger partial charge on any atom is -0.357 e. The summed E-state index contributed by atoms with van der Waals surface area (Å²) in [5.41, 5.74) is 5.95. The van der Waals surface area contributed by atoms with Gasteiger partial charge in [-0.05, 0) is 43.0 Å². The Morgan fingerprint density at radius 2 is 1.97 bits per heavy atom. The van der Waals surface area contributed by atoms with Gasteiger partial charge in [0.2, 0.25) is 11.8 Å². The van der Waals surface area contributed by atoms with E-state index in [0.29, 0.717) is 19.5 Å². The third kappa shape index (κ3) is 3.50. The first-order valence-electron chi connectivity index (χ1n) is 11.1. The van der Waals surface area contributed by atoms with Gasteiger partial charge in [-0.25, -0.2) is 0 Å². The Balaban J connectivity index is 1.50. The number of benzene rings is 1. The van der Waals surface area contributed by atoms with Crippen molar-refractivity contribution in [3.8, 4) is 11.1 Å². The van der Waals surface area contributed by atoms with Crippen molar-refractivity contribution in [3.05, 3.63) is 54.0 Å². The van der Waals surface area contributed by atoms with Crippen LogP contribution in [0.5, 0.6) is 0 Å². The first kappa shape index (κ1) is 19.8. The lowest BCUT2D eigenvalue weighted by molar-refractivity contribution is -0.137. The van der Waals surface area contributed by atoms with E-state index in [4.69, 9.17) is 0 Å².